The summed E-state index contributed by atoms with van der Waals surface area (Å²) in [4.78, 5) is 18.5. The molecular weight excluding hydrogens is 328 g/mol. The van der Waals surface area contributed by atoms with Crippen molar-refractivity contribution in [3.05, 3.63) is 60.0 Å². The summed E-state index contributed by atoms with van der Waals surface area (Å²) in [6.45, 7) is 2.00. The summed E-state index contributed by atoms with van der Waals surface area (Å²) in [5.74, 6) is 0.928. The van der Waals surface area contributed by atoms with Gasteiger partial charge in [-0.05, 0) is 36.8 Å². The SMILES string of the molecule is Cc1ccccc1-c1noc(CCC(=O)Nc2ccc(N(C)C)cc2)n1. The fraction of sp³-hybridized carbons (Fsp3) is 0.250. The lowest BCUT2D eigenvalue weighted by Crippen LogP contribution is -2.13. The lowest BCUT2D eigenvalue weighted by molar-refractivity contribution is -0.116. The Morgan fingerprint density at radius 3 is 2.54 bits per heavy atom. The highest BCUT2D eigenvalue weighted by Gasteiger charge is 2.12. The summed E-state index contributed by atoms with van der Waals surface area (Å²) in [6.07, 6.45) is 0.686. The van der Waals surface area contributed by atoms with E-state index >= 15 is 0 Å². The van der Waals surface area contributed by atoms with Crippen LogP contribution in [0.4, 0.5) is 11.4 Å². The average molecular weight is 350 g/mol. The number of benzene rings is 2. The molecule has 0 spiro atoms. The molecule has 1 heterocycles. The largest absolute Gasteiger partial charge is 0.378 e. The molecule has 1 aromatic heterocycles. The molecule has 0 bridgehead atoms. The van der Waals surface area contributed by atoms with E-state index in [4.69, 9.17) is 4.52 Å². The maximum atomic E-state index is 12.1. The van der Waals surface area contributed by atoms with E-state index in [-0.39, 0.29) is 12.3 Å². The van der Waals surface area contributed by atoms with E-state index in [1.807, 2.05) is 74.4 Å². The molecule has 0 saturated heterocycles. The predicted octanol–water partition coefficient (Wildman–Crippen LogP) is 3.68. The van der Waals surface area contributed by atoms with Crippen LogP contribution in [-0.2, 0) is 11.2 Å². The third-order valence-electron chi connectivity index (χ3n) is 4.09. The second-order valence-corrected chi connectivity index (χ2v) is 6.32. The van der Waals surface area contributed by atoms with E-state index in [0.29, 0.717) is 18.1 Å². The minimum absolute atomic E-state index is 0.0850. The highest BCUT2D eigenvalue weighted by Crippen LogP contribution is 2.20. The van der Waals surface area contributed by atoms with Gasteiger partial charge in [-0.25, -0.2) is 0 Å². The third-order valence-corrected chi connectivity index (χ3v) is 4.09. The molecule has 0 aliphatic heterocycles. The Balaban J connectivity index is 1.56. The molecule has 3 aromatic rings. The normalized spacial score (nSPS) is 10.6. The van der Waals surface area contributed by atoms with E-state index in [0.717, 1.165) is 22.5 Å². The fourth-order valence-electron chi connectivity index (χ4n) is 2.58. The van der Waals surface area contributed by atoms with Crippen LogP contribution in [0.25, 0.3) is 11.4 Å². The Kier molecular flexibility index (Phi) is 5.31. The van der Waals surface area contributed by atoms with Gasteiger partial charge < -0.3 is 14.7 Å². The lowest BCUT2D eigenvalue weighted by Gasteiger charge is -2.12. The number of aromatic nitrogens is 2. The van der Waals surface area contributed by atoms with Crippen molar-refractivity contribution in [2.45, 2.75) is 19.8 Å². The zero-order chi connectivity index (χ0) is 18.5. The molecule has 26 heavy (non-hydrogen) atoms. The van der Waals surface area contributed by atoms with E-state index in [2.05, 4.69) is 15.5 Å². The van der Waals surface area contributed by atoms with Crippen molar-refractivity contribution in [2.24, 2.45) is 0 Å². The number of anilines is 2. The zero-order valence-electron chi connectivity index (χ0n) is 15.2. The van der Waals surface area contributed by atoms with Crippen LogP contribution in [0.5, 0.6) is 0 Å². The van der Waals surface area contributed by atoms with Crippen molar-refractivity contribution in [1.82, 2.24) is 10.1 Å². The first kappa shape index (κ1) is 17.7. The zero-order valence-corrected chi connectivity index (χ0v) is 15.2. The molecule has 0 radical (unpaired) electrons. The standard InChI is InChI=1S/C20H22N4O2/c1-14-6-4-5-7-17(14)20-22-19(26-23-20)13-12-18(25)21-15-8-10-16(11-9-15)24(2)3/h4-11H,12-13H2,1-3H3,(H,21,25). The summed E-state index contributed by atoms with van der Waals surface area (Å²) in [7, 11) is 3.95. The topological polar surface area (TPSA) is 71.3 Å². The number of hydrogen-bond donors (Lipinski definition) is 1. The Bertz CT molecular complexity index is 885. The third kappa shape index (κ3) is 4.27. The van der Waals surface area contributed by atoms with E-state index < -0.39 is 0 Å². The van der Waals surface area contributed by atoms with Gasteiger partial charge in [-0.3, -0.25) is 4.79 Å². The number of aryl methyl sites for hydroxylation is 2. The minimum atomic E-state index is -0.0850. The molecule has 3 rings (SSSR count). The molecule has 0 aliphatic carbocycles. The van der Waals surface area contributed by atoms with Crippen molar-refractivity contribution in [3.8, 4) is 11.4 Å². The van der Waals surface area contributed by atoms with Gasteiger partial charge in [0.2, 0.25) is 17.6 Å². The van der Waals surface area contributed by atoms with Gasteiger partial charge in [-0.2, -0.15) is 4.98 Å². The summed E-state index contributed by atoms with van der Waals surface area (Å²) in [6, 6.07) is 15.5. The van der Waals surface area contributed by atoms with Gasteiger partial charge in [0.15, 0.2) is 0 Å². The van der Waals surface area contributed by atoms with Crippen molar-refractivity contribution >= 4 is 17.3 Å². The molecule has 6 heteroatoms. The molecule has 0 aliphatic rings. The Morgan fingerprint density at radius 2 is 1.85 bits per heavy atom. The van der Waals surface area contributed by atoms with Gasteiger partial charge in [0.05, 0.1) is 0 Å². The van der Waals surface area contributed by atoms with Crippen LogP contribution in [0, 0.1) is 6.92 Å². The van der Waals surface area contributed by atoms with Crippen LogP contribution >= 0.6 is 0 Å². The number of carbonyl (C=O) groups is 1. The summed E-state index contributed by atoms with van der Waals surface area (Å²) >= 11 is 0. The maximum absolute atomic E-state index is 12.1. The molecular formula is C20H22N4O2. The van der Waals surface area contributed by atoms with Gasteiger partial charge in [0, 0.05) is 43.9 Å². The highest BCUT2D eigenvalue weighted by molar-refractivity contribution is 5.90. The highest BCUT2D eigenvalue weighted by atomic mass is 16.5. The minimum Gasteiger partial charge on any atom is -0.378 e. The maximum Gasteiger partial charge on any atom is 0.227 e. The molecule has 2 aromatic carbocycles. The molecule has 0 unspecified atom stereocenters. The fourth-order valence-corrected chi connectivity index (χ4v) is 2.58. The van der Waals surface area contributed by atoms with Gasteiger partial charge >= 0.3 is 0 Å². The summed E-state index contributed by atoms with van der Waals surface area (Å²) in [5, 5.41) is 6.89. The summed E-state index contributed by atoms with van der Waals surface area (Å²) < 4.78 is 5.27. The van der Waals surface area contributed by atoms with Crippen molar-refractivity contribution < 1.29 is 9.32 Å². The smallest absolute Gasteiger partial charge is 0.227 e. The van der Waals surface area contributed by atoms with Crippen molar-refractivity contribution in [3.63, 3.8) is 0 Å². The number of carbonyl (C=O) groups excluding carboxylic acids is 1. The number of rotatable bonds is 6. The lowest BCUT2D eigenvalue weighted by atomic mass is 10.1. The second-order valence-electron chi connectivity index (χ2n) is 6.32. The Hall–Kier alpha value is -3.15. The molecule has 1 amide bonds. The second kappa shape index (κ2) is 7.82. The molecule has 1 N–H and O–H groups in total. The number of nitrogens with zero attached hydrogens (tertiary/aromatic N) is 3. The van der Waals surface area contributed by atoms with Gasteiger partial charge in [0.1, 0.15) is 0 Å². The van der Waals surface area contributed by atoms with E-state index in [9.17, 15) is 4.79 Å². The molecule has 0 saturated carbocycles. The molecule has 0 atom stereocenters. The number of amides is 1. The van der Waals surface area contributed by atoms with Crippen molar-refractivity contribution in [1.29, 1.82) is 0 Å². The van der Waals surface area contributed by atoms with Crippen molar-refractivity contribution in [2.75, 3.05) is 24.3 Å². The summed E-state index contributed by atoms with van der Waals surface area (Å²) in [5.41, 5.74) is 3.87. The van der Waals surface area contributed by atoms with Crippen LogP contribution in [0.2, 0.25) is 0 Å². The predicted molar refractivity (Wildman–Crippen MR) is 102 cm³/mol. The first-order valence-corrected chi connectivity index (χ1v) is 8.49. The van der Waals surface area contributed by atoms with Gasteiger partial charge in [-0.15, -0.1) is 0 Å². The quantitative estimate of drug-likeness (QED) is 0.734. The molecule has 6 nitrogen and oxygen atoms in total. The van der Waals surface area contributed by atoms with Gasteiger partial charge in [-0.1, -0.05) is 29.4 Å². The van der Waals surface area contributed by atoms with Crippen LogP contribution < -0.4 is 10.2 Å². The first-order chi connectivity index (χ1) is 12.5. The average Bonchev–Trinajstić information content (AvgIpc) is 3.09. The van der Waals surface area contributed by atoms with Crippen LogP contribution in [0.15, 0.2) is 53.1 Å². The number of nitrogens with one attached hydrogen (secondary N) is 1. The molecule has 134 valence electrons. The monoisotopic (exact) mass is 350 g/mol. The first-order valence-electron chi connectivity index (χ1n) is 8.49. The van der Waals surface area contributed by atoms with Crippen LogP contribution in [0.1, 0.15) is 17.9 Å². The Morgan fingerprint density at radius 1 is 1.12 bits per heavy atom. The number of hydrogen-bond acceptors (Lipinski definition) is 5. The van der Waals surface area contributed by atoms with Crippen LogP contribution in [0.3, 0.4) is 0 Å². The van der Waals surface area contributed by atoms with E-state index in [1.54, 1.807) is 0 Å². The van der Waals surface area contributed by atoms with Gasteiger partial charge in [0.25, 0.3) is 0 Å². The van der Waals surface area contributed by atoms with Crippen LogP contribution in [-0.4, -0.2) is 30.1 Å². The Labute approximate surface area is 152 Å². The molecule has 0 fully saturated rings. The van der Waals surface area contributed by atoms with E-state index in [1.165, 1.54) is 0 Å².